The van der Waals surface area contributed by atoms with Crippen LogP contribution in [-0.4, -0.2) is 27.9 Å². The summed E-state index contributed by atoms with van der Waals surface area (Å²) in [4.78, 5) is 43.6. The van der Waals surface area contributed by atoms with Crippen LogP contribution in [0.5, 0.6) is 0 Å². The molecule has 1 aliphatic rings. The van der Waals surface area contributed by atoms with Crippen LogP contribution in [0.3, 0.4) is 0 Å². The Hall–Kier alpha value is -3.26. The fourth-order valence-electron chi connectivity index (χ4n) is 3.60. The molecule has 1 unspecified atom stereocenters. The first kappa shape index (κ1) is 20.0. The number of carbonyl (C=O) groups is 2. The number of hydrogen-bond donors (Lipinski definition) is 1. The number of benzene rings is 1. The summed E-state index contributed by atoms with van der Waals surface area (Å²) >= 11 is 1.53. The highest BCUT2D eigenvalue weighted by molar-refractivity contribution is 7.09. The van der Waals surface area contributed by atoms with E-state index in [0.717, 1.165) is 28.5 Å². The Morgan fingerprint density at radius 3 is 2.63 bits per heavy atom. The number of piperidine rings is 1. The van der Waals surface area contributed by atoms with Crippen molar-refractivity contribution in [1.82, 2.24) is 14.9 Å². The molecule has 0 aliphatic carbocycles. The molecular formula is C22H22N4O3S. The SMILES string of the molecule is Cc1nc(CNC(=O)C2CCCN(c3ccc(-n4ccccc4=O)cc3)C2=O)cs1. The smallest absolute Gasteiger partial charge is 0.255 e. The predicted octanol–water partition coefficient (Wildman–Crippen LogP) is 2.66. The van der Waals surface area contributed by atoms with Crippen molar-refractivity contribution in [3.63, 3.8) is 0 Å². The Labute approximate surface area is 178 Å². The molecule has 0 saturated carbocycles. The van der Waals surface area contributed by atoms with Crippen molar-refractivity contribution in [2.24, 2.45) is 5.92 Å². The molecule has 3 aromatic rings. The summed E-state index contributed by atoms with van der Waals surface area (Å²) in [5.74, 6) is -1.16. The quantitative estimate of drug-likeness (QED) is 0.641. The van der Waals surface area contributed by atoms with E-state index in [-0.39, 0.29) is 17.4 Å². The van der Waals surface area contributed by atoms with Gasteiger partial charge < -0.3 is 10.2 Å². The highest BCUT2D eigenvalue weighted by atomic mass is 32.1. The van der Waals surface area contributed by atoms with Crippen molar-refractivity contribution in [2.45, 2.75) is 26.3 Å². The standard InChI is InChI=1S/C22H22N4O3S/c1-15-24-16(14-30-15)13-23-21(28)19-5-4-12-26(22(19)29)18-9-7-17(8-10-18)25-11-3-2-6-20(25)27/h2-3,6-11,14,19H,4-5,12-13H2,1H3,(H,23,28). The number of pyridine rings is 1. The van der Waals surface area contributed by atoms with Crippen molar-refractivity contribution in [3.05, 3.63) is 75.1 Å². The molecule has 30 heavy (non-hydrogen) atoms. The number of nitrogens with zero attached hydrogens (tertiary/aromatic N) is 3. The molecule has 8 heteroatoms. The van der Waals surface area contributed by atoms with E-state index in [9.17, 15) is 14.4 Å². The second kappa shape index (κ2) is 8.62. The molecule has 0 radical (unpaired) electrons. The van der Waals surface area contributed by atoms with Crippen LogP contribution >= 0.6 is 11.3 Å². The van der Waals surface area contributed by atoms with E-state index >= 15 is 0 Å². The zero-order chi connectivity index (χ0) is 21.1. The van der Waals surface area contributed by atoms with Gasteiger partial charge >= 0.3 is 0 Å². The maximum Gasteiger partial charge on any atom is 0.255 e. The molecule has 7 nitrogen and oxygen atoms in total. The molecular weight excluding hydrogens is 400 g/mol. The third-order valence-corrected chi connectivity index (χ3v) is 5.95. The number of thiazole rings is 1. The van der Waals surface area contributed by atoms with Crippen molar-refractivity contribution in [2.75, 3.05) is 11.4 Å². The minimum atomic E-state index is -0.699. The fraction of sp³-hybridized carbons (Fsp3) is 0.273. The lowest BCUT2D eigenvalue weighted by Gasteiger charge is -2.31. The average molecular weight is 423 g/mol. The summed E-state index contributed by atoms with van der Waals surface area (Å²) in [5.41, 5.74) is 2.13. The van der Waals surface area contributed by atoms with Crippen LogP contribution in [0, 0.1) is 12.8 Å². The third-order valence-electron chi connectivity index (χ3n) is 5.13. The Balaban J connectivity index is 1.45. The van der Waals surface area contributed by atoms with E-state index in [1.165, 1.54) is 22.0 Å². The molecule has 0 bridgehead atoms. The molecule has 1 saturated heterocycles. The molecule has 1 atom stereocenters. The zero-order valence-electron chi connectivity index (χ0n) is 16.6. The molecule has 3 heterocycles. The van der Waals surface area contributed by atoms with E-state index in [0.29, 0.717) is 19.5 Å². The highest BCUT2D eigenvalue weighted by Crippen LogP contribution is 2.25. The average Bonchev–Trinajstić information content (AvgIpc) is 3.18. The van der Waals surface area contributed by atoms with Gasteiger partial charge in [0.25, 0.3) is 5.56 Å². The first-order valence-electron chi connectivity index (χ1n) is 9.81. The van der Waals surface area contributed by atoms with Gasteiger partial charge in [0.1, 0.15) is 5.92 Å². The maximum absolute atomic E-state index is 13.0. The predicted molar refractivity (Wildman–Crippen MR) is 116 cm³/mol. The van der Waals surface area contributed by atoms with Gasteiger partial charge in [-0.05, 0) is 50.1 Å². The zero-order valence-corrected chi connectivity index (χ0v) is 17.4. The van der Waals surface area contributed by atoms with Crippen molar-refractivity contribution in [1.29, 1.82) is 0 Å². The van der Waals surface area contributed by atoms with E-state index in [1.807, 2.05) is 24.4 Å². The van der Waals surface area contributed by atoms with Gasteiger partial charge in [-0.25, -0.2) is 4.98 Å². The van der Waals surface area contributed by atoms with Crippen LogP contribution in [0.1, 0.15) is 23.5 Å². The number of nitrogens with one attached hydrogen (secondary N) is 1. The van der Waals surface area contributed by atoms with Gasteiger partial charge in [-0.2, -0.15) is 0 Å². The van der Waals surface area contributed by atoms with Crippen molar-refractivity contribution >= 4 is 28.8 Å². The number of amides is 2. The van der Waals surface area contributed by atoms with Crippen LogP contribution in [0.4, 0.5) is 5.69 Å². The summed E-state index contributed by atoms with van der Waals surface area (Å²) in [6.07, 6.45) is 2.99. The lowest BCUT2D eigenvalue weighted by Crippen LogP contribution is -2.47. The summed E-state index contributed by atoms with van der Waals surface area (Å²) in [6, 6.07) is 12.2. The summed E-state index contributed by atoms with van der Waals surface area (Å²) in [6.45, 7) is 2.81. The van der Waals surface area contributed by atoms with Gasteiger partial charge in [0.2, 0.25) is 11.8 Å². The molecule has 1 fully saturated rings. The normalized spacial score (nSPS) is 16.5. The van der Waals surface area contributed by atoms with E-state index in [1.54, 1.807) is 35.4 Å². The molecule has 154 valence electrons. The Morgan fingerprint density at radius 1 is 1.17 bits per heavy atom. The van der Waals surface area contributed by atoms with Gasteiger partial charge in [-0.3, -0.25) is 19.0 Å². The number of hydrogen-bond acceptors (Lipinski definition) is 5. The van der Waals surface area contributed by atoms with Gasteiger partial charge in [0.15, 0.2) is 0 Å². The third kappa shape index (κ3) is 4.18. The minimum absolute atomic E-state index is 0.119. The van der Waals surface area contributed by atoms with E-state index < -0.39 is 5.92 Å². The molecule has 1 aliphatic heterocycles. The number of carbonyl (C=O) groups excluding carboxylic acids is 2. The topological polar surface area (TPSA) is 84.3 Å². The Morgan fingerprint density at radius 2 is 1.93 bits per heavy atom. The summed E-state index contributed by atoms with van der Waals surface area (Å²) in [5, 5.41) is 5.69. The molecule has 1 N–H and O–H groups in total. The molecule has 4 rings (SSSR count). The molecule has 0 spiro atoms. The van der Waals surface area contributed by atoms with Crippen molar-refractivity contribution < 1.29 is 9.59 Å². The van der Waals surface area contributed by atoms with Crippen LogP contribution in [-0.2, 0) is 16.1 Å². The second-order valence-corrected chi connectivity index (χ2v) is 8.25. The van der Waals surface area contributed by atoms with Crippen LogP contribution < -0.4 is 15.8 Å². The molecule has 2 aromatic heterocycles. The number of anilines is 1. The molecule has 2 amide bonds. The number of rotatable bonds is 5. The summed E-state index contributed by atoms with van der Waals surface area (Å²) in [7, 11) is 0. The first-order chi connectivity index (χ1) is 14.5. The van der Waals surface area contributed by atoms with Gasteiger partial charge in [0.05, 0.1) is 17.2 Å². The number of aryl methyl sites for hydroxylation is 1. The van der Waals surface area contributed by atoms with Crippen LogP contribution in [0.15, 0.2) is 58.8 Å². The largest absolute Gasteiger partial charge is 0.350 e. The Bertz CT molecular complexity index is 1120. The maximum atomic E-state index is 13.0. The molecule has 1 aromatic carbocycles. The summed E-state index contributed by atoms with van der Waals surface area (Å²) < 4.78 is 1.54. The second-order valence-electron chi connectivity index (χ2n) is 7.19. The Kier molecular flexibility index (Phi) is 5.76. The first-order valence-corrected chi connectivity index (χ1v) is 10.7. The highest BCUT2D eigenvalue weighted by Gasteiger charge is 2.34. The van der Waals surface area contributed by atoms with E-state index in [2.05, 4.69) is 10.3 Å². The monoisotopic (exact) mass is 422 g/mol. The van der Waals surface area contributed by atoms with Gasteiger partial charge in [-0.15, -0.1) is 11.3 Å². The van der Waals surface area contributed by atoms with Gasteiger partial charge in [-0.1, -0.05) is 6.07 Å². The van der Waals surface area contributed by atoms with Crippen molar-refractivity contribution in [3.8, 4) is 5.69 Å². The minimum Gasteiger partial charge on any atom is -0.350 e. The lowest BCUT2D eigenvalue weighted by molar-refractivity contribution is -0.135. The number of aromatic nitrogens is 2. The van der Waals surface area contributed by atoms with Gasteiger partial charge in [0, 0.05) is 35.6 Å². The fourth-order valence-corrected chi connectivity index (χ4v) is 4.21. The lowest BCUT2D eigenvalue weighted by atomic mass is 9.95. The van der Waals surface area contributed by atoms with Crippen LogP contribution in [0.25, 0.3) is 5.69 Å². The van der Waals surface area contributed by atoms with E-state index in [4.69, 9.17) is 0 Å². The van der Waals surface area contributed by atoms with Crippen LogP contribution in [0.2, 0.25) is 0 Å².